The number of carbonyl (C=O) groups is 1. The molecular formula is C16H17O8P. The average Bonchev–Trinajstić information content (AvgIpc) is 2.44. The van der Waals surface area contributed by atoms with E-state index in [4.69, 9.17) is 9.79 Å². The number of carbonyl (C=O) groups excluding carboxylic acids is 1. The van der Waals surface area contributed by atoms with Gasteiger partial charge in [-0.1, -0.05) is 12.1 Å². The lowest BCUT2D eigenvalue weighted by Gasteiger charge is -2.13. The summed E-state index contributed by atoms with van der Waals surface area (Å²) in [6, 6.07) is 8.27. The number of phosphoric ester groups is 1. The van der Waals surface area contributed by atoms with Crippen LogP contribution >= 0.6 is 7.82 Å². The fourth-order valence-corrected chi connectivity index (χ4v) is 2.76. The van der Waals surface area contributed by atoms with Crippen molar-refractivity contribution in [1.29, 1.82) is 0 Å². The number of Topliss-reactive ketones (excluding diaryl/α,β-unsaturated/α-hetero) is 1. The van der Waals surface area contributed by atoms with Gasteiger partial charge >= 0.3 is 7.82 Å². The van der Waals surface area contributed by atoms with Crippen molar-refractivity contribution in [2.45, 2.75) is 19.3 Å². The van der Waals surface area contributed by atoms with E-state index in [-0.39, 0.29) is 12.2 Å². The van der Waals surface area contributed by atoms with Crippen LogP contribution in [0.4, 0.5) is 0 Å². The van der Waals surface area contributed by atoms with Crippen LogP contribution in [0.15, 0.2) is 36.4 Å². The molecule has 0 bridgehead atoms. The van der Waals surface area contributed by atoms with Crippen LogP contribution in [0.5, 0.6) is 23.0 Å². The number of aryl methyl sites for hydroxylation is 1. The summed E-state index contributed by atoms with van der Waals surface area (Å²) >= 11 is 0. The minimum Gasteiger partial charge on any atom is -0.508 e. The van der Waals surface area contributed by atoms with Crippen molar-refractivity contribution in [3.8, 4) is 23.0 Å². The Labute approximate surface area is 143 Å². The molecule has 2 aromatic carbocycles. The van der Waals surface area contributed by atoms with Crippen LogP contribution in [-0.2, 0) is 11.0 Å². The van der Waals surface area contributed by atoms with E-state index >= 15 is 0 Å². The predicted molar refractivity (Wildman–Crippen MR) is 87.8 cm³/mol. The second-order valence-corrected chi connectivity index (χ2v) is 6.53. The highest BCUT2D eigenvalue weighted by Crippen LogP contribution is 2.43. The molecule has 0 aliphatic carbocycles. The van der Waals surface area contributed by atoms with Crippen molar-refractivity contribution in [2.75, 3.05) is 0 Å². The monoisotopic (exact) mass is 368 g/mol. The van der Waals surface area contributed by atoms with Crippen LogP contribution in [0.1, 0.15) is 28.8 Å². The number of phenolic OH excluding ortho intramolecular Hbond substituents is 3. The number of hydrogen-bond donors (Lipinski definition) is 5. The second-order valence-electron chi connectivity index (χ2n) is 5.37. The van der Waals surface area contributed by atoms with Crippen molar-refractivity contribution in [3.05, 3.63) is 47.5 Å². The van der Waals surface area contributed by atoms with E-state index in [1.54, 1.807) is 18.2 Å². The molecule has 2 rings (SSSR count). The fraction of sp³-hybridized carbons (Fsp3) is 0.188. The van der Waals surface area contributed by atoms with Crippen LogP contribution in [0, 0.1) is 0 Å². The van der Waals surface area contributed by atoms with Gasteiger partial charge in [0.25, 0.3) is 0 Å². The molecule has 0 aliphatic rings. The Hall–Kier alpha value is -2.54. The van der Waals surface area contributed by atoms with Gasteiger partial charge in [0.15, 0.2) is 5.78 Å². The molecule has 0 atom stereocenters. The molecule has 0 fully saturated rings. The molecule has 0 aliphatic heterocycles. The highest BCUT2D eigenvalue weighted by atomic mass is 31.2. The molecule has 9 heteroatoms. The summed E-state index contributed by atoms with van der Waals surface area (Å²) in [5.41, 5.74) is 0.409. The first-order valence-electron chi connectivity index (χ1n) is 7.28. The van der Waals surface area contributed by atoms with Crippen LogP contribution in [-0.4, -0.2) is 30.9 Å². The van der Waals surface area contributed by atoms with E-state index < -0.39 is 36.4 Å². The Morgan fingerprint density at radius 3 is 2.40 bits per heavy atom. The van der Waals surface area contributed by atoms with E-state index in [2.05, 4.69) is 4.52 Å². The number of rotatable bonds is 7. The van der Waals surface area contributed by atoms with Gasteiger partial charge in [-0.3, -0.25) is 14.6 Å². The smallest absolute Gasteiger partial charge is 0.508 e. The minimum absolute atomic E-state index is 0.0362. The maximum absolute atomic E-state index is 12.3. The molecule has 2 aromatic rings. The zero-order valence-electron chi connectivity index (χ0n) is 13.0. The van der Waals surface area contributed by atoms with Gasteiger partial charge in [0, 0.05) is 18.6 Å². The summed E-state index contributed by atoms with van der Waals surface area (Å²) in [7, 11) is -4.98. The lowest BCUT2D eigenvalue weighted by atomic mass is 10.0. The Morgan fingerprint density at radius 1 is 1.04 bits per heavy atom. The number of phosphoric acid groups is 1. The van der Waals surface area contributed by atoms with E-state index in [0.29, 0.717) is 12.8 Å². The molecule has 0 amide bonds. The largest absolute Gasteiger partial charge is 0.524 e. The van der Waals surface area contributed by atoms with Crippen LogP contribution in [0.2, 0.25) is 0 Å². The maximum Gasteiger partial charge on any atom is 0.524 e. The van der Waals surface area contributed by atoms with E-state index in [1.807, 2.05) is 0 Å². The summed E-state index contributed by atoms with van der Waals surface area (Å²) in [6.45, 7) is 0. The van der Waals surface area contributed by atoms with Crippen molar-refractivity contribution in [3.63, 3.8) is 0 Å². The van der Waals surface area contributed by atoms with Gasteiger partial charge < -0.3 is 19.8 Å². The first-order valence-corrected chi connectivity index (χ1v) is 8.81. The SMILES string of the molecule is O=C(CCCc1cccc(O)c1)c1c(O)cc(O)cc1OP(=O)(O)O. The quantitative estimate of drug-likeness (QED) is 0.370. The molecule has 0 heterocycles. The van der Waals surface area contributed by atoms with Gasteiger partial charge in [-0.25, -0.2) is 4.57 Å². The first kappa shape index (κ1) is 18.8. The summed E-state index contributed by atoms with van der Waals surface area (Å²) in [6.07, 6.45) is 0.817. The lowest BCUT2D eigenvalue weighted by molar-refractivity contribution is 0.0975. The van der Waals surface area contributed by atoms with Gasteiger partial charge in [0.1, 0.15) is 28.6 Å². The topological polar surface area (TPSA) is 145 Å². The Bertz CT molecular complexity index is 827. The highest BCUT2D eigenvalue weighted by molar-refractivity contribution is 7.46. The summed E-state index contributed by atoms with van der Waals surface area (Å²) in [4.78, 5) is 30.1. The molecule has 0 unspecified atom stereocenters. The number of aromatic hydroxyl groups is 3. The van der Waals surface area contributed by atoms with Gasteiger partial charge in [0.2, 0.25) is 0 Å². The van der Waals surface area contributed by atoms with Crippen molar-refractivity contribution in [1.82, 2.24) is 0 Å². The third-order valence-electron chi connectivity index (χ3n) is 3.34. The van der Waals surface area contributed by atoms with Crippen LogP contribution in [0.3, 0.4) is 0 Å². The molecule has 0 saturated carbocycles. The molecular weight excluding hydrogens is 351 g/mol. The summed E-state index contributed by atoms with van der Waals surface area (Å²) in [5, 5.41) is 28.7. The second kappa shape index (κ2) is 7.57. The normalized spacial score (nSPS) is 11.3. The molecule has 8 nitrogen and oxygen atoms in total. The Balaban J connectivity index is 2.14. The predicted octanol–water partition coefficient (Wildman–Crippen LogP) is 2.48. The third kappa shape index (κ3) is 5.49. The Kier molecular flexibility index (Phi) is 5.69. The third-order valence-corrected chi connectivity index (χ3v) is 3.78. The van der Waals surface area contributed by atoms with Crippen LogP contribution < -0.4 is 4.52 Å². The van der Waals surface area contributed by atoms with E-state index in [9.17, 15) is 24.7 Å². The van der Waals surface area contributed by atoms with Gasteiger partial charge in [0.05, 0.1) is 0 Å². The zero-order valence-corrected chi connectivity index (χ0v) is 13.9. The highest BCUT2D eigenvalue weighted by Gasteiger charge is 2.25. The fourth-order valence-electron chi connectivity index (χ4n) is 2.36. The number of benzene rings is 2. The molecule has 25 heavy (non-hydrogen) atoms. The number of hydrogen-bond acceptors (Lipinski definition) is 6. The Morgan fingerprint density at radius 2 is 1.76 bits per heavy atom. The first-order chi connectivity index (χ1) is 11.7. The van der Waals surface area contributed by atoms with Crippen LogP contribution in [0.25, 0.3) is 0 Å². The number of phenols is 3. The summed E-state index contributed by atoms with van der Waals surface area (Å²) < 4.78 is 15.4. The molecule has 134 valence electrons. The van der Waals surface area contributed by atoms with Gasteiger partial charge in [-0.2, -0.15) is 0 Å². The van der Waals surface area contributed by atoms with Crippen molar-refractivity contribution >= 4 is 13.6 Å². The van der Waals surface area contributed by atoms with E-state index in [0.717, 1.165) is 17.7 Å². The average molecular weight is 368 g/mol. The maximum atomic E-state index is 12.3. The molecule has 0 aromatic heterocycles. The molecule has 5 N–H and O–H groups in total. The number of ketones is 1. The van der Waals surface area contributed by atoms with Crippen molar-refractivity contribution < 1.29 is 39.0 Å². The van der Waals surface area contributed by atoms with Gasteiger partial charge in [-0.05, 0) is 30.5 Å². The zero-order chi connectivity index (χ0) is 18.6. The lowest BCUT2D eigenvalue weighted by Crippen LogP contribution is -2.04. The molecule has 0 radical (unpaired) electrons. The summed E-state index contributed by atoms with van der Waals surface area (Å²) in [5.74, 6) is -2.21. The molecule has 0 spiro atoms. The van der Waals surface area contributed by atoms with Gasteiger partial charge in [-0.15, -0.1) is 0 Å². The van der Waals surface area contributed by atoms with Crippen molar-refractivity contribution in [2.24, 2.45) is 0 Å². The molecule has 0 saturated heterocycles. The minimum atomic E-state index is -4.98. The standard InChI is InChI=1S/C16H17O8P/c17-11-5-1-3-10(7-11)4-2-6-13(19)16-14(20)8-12(18)9-15(16)24-25(21,22)23/h1,3,5,7-9,17-18,20H,2,4,6H2,(H2,21,22,23). The van der Waals surface area contributed by atoms with E-state index in [1.165, 1.54) is 6.07 Å².